The molecule has 0 fully saturated rings. The molecule has 0 spiro atoms. The molecule has 17 heavy (non-hydrogen) atoms. The fourth-order valence-electron chi connectivity index (χ4n) is 2.08. The van der Waals surface area contributed by atoms with Gasteiger partial charge in [-0.05, 0) is 24.5 Å². The van der Waals surface area contributed by atoms with E-state index in [0.717, 1.165) is 22.8 Å². The van der Waals surface area contributed by atoms with Crippen molar-refractivity contribution in [2.24, 2.45) is 5.92 Å². The van der Waals surface area contributed by atoms with E-state index >= 15 is 0 Å². The van der Waals surface area contributed by atoms with Gasteiger partial charge in [-0.15, -0.1) is 0 Å². The Labute approximate surface area is 103 Å². The van der Waals surface area contributed by atoms with Crippen LogP contribution in [0.5, 0.6) is 0 Å². The van der Waals surface area contributed by atoms with Crippen LogP contribution in [0, 0.1) is 5.92 Å². The van der Waals surface area contributed by atoms with Crippen molar-refractivity contribution >= 4 is 11.0 Å². The van der Waals surface area contributed by atoms with Gasteiger partial charge in [-0.1, -0.05) is 45.7 Å². The van der Waals surface area contributed by atoms with Crippen LogP contribution in [-0.2, 0) is 0 Å². The SMILES string of the molecule is CCC(C)CCC(C)c1nc2ccccc2[nH]1. The maximum atomic E-state index is 4.66. The Morgan fingerprint density at radius 3 is 2.65 bits per heavy atom. The summed E-state index contributed by atoms with van der Waals surface area (Å²) in [7, 11) is 0. The van der Waals surface area contributed by atoms with E-state index in [0.29, 0.717) is 5.92 Å². The summed E-state index contributed by atoms with van der Waals surface area (Å²) in [5.74, 6) is 2.48. The minimum absolute atomic E-state index is 0.524. The standard InChI is InChI=1S/C15H22N2/c1-4-11(2)9-10-12(3)15-16-13-7-5-6-8-14(13)17-15/h5-8,11-12H,4,9-10H2,1-3H3,(H,16,17). The normalized spacial score (nSPS) is 15.0. The third-order valence-electron chi connectivity index (χ3n) is 3.66. The number of H-pyrrole nitrogens is 1. The lowest BCUT2D eigenvalue weighted by atomic mass is 9.96. The first kappa shape index (κ1) is 12.2. The van der Waals surface area contributed by atoms with E-state index < -0.39 is 0 Å². The highest BCUT2D eigenvalue weighted by molar-refractivity contribution is 5.74. The minimum atomic E-state index is 0.524. The van der Waals surface area contributed by atoms with Gasteiger partial charge in [0, 0.05) is 5.92 Å². The molecule has 0 aliphatic rings. The van der Waals surface area contributed by atoms with Crippen molar-refractivity contribution in [3.63, 3.8) is 0 Å². The zero-order valence-electron chi connectivity index (χ0n) is 11.0. The van der Waals surface area contributed by atoms with Crippen LogP contribution < -0.4 is 0 Å². The summed E-state index contributed by atoms with van der Waals surface area (Å²) >= 11 is 0. The summed E-state index contributed by atoms with van der Waals surface area (Å²) in [5.41, 5.74) is 2.23. The third-order valence-corrected chi connectivity index (χ3v) is 3.66. The van der Waals surface area contributed by atoms with Crippen LogP contribution in [0.1, 0.15) is 51.8 Å². The maximum Gasteiger partial charge on any atom is 0.110 e. The molecule has 1 aromatic carbocycles. The first-order valence-corrected chi connectivity index (χ1v) is 6.65. The molecule has 0 bridgehead atoms. The minimum Gasteiger partial charge on any atom is -0.342 e. The van der Waals surface area contributed by atoms with E-state index in [4.69, 9.17) is 0 Å². The molecule has 2 atom stereocenters. The zero-order chi connectivity index (χ0) is 12.3. The molecule has 2 rings (SSSR count). The Morgan fingerprint density at radius 2 is 1.94 bits per heavy atom. The molecule has 2 heteroatoms. The Morgan fingerprint density at radius 1 is 1.18 bits per heavy atom. The number of hydrogen-bond donors (Lipinski definition) is 1. The van der Waals surface area contributed by atoms with Crippen LogP contribution in [0.3, 0.4) is 0 Å². The number of fused-ring (bicyclic) bond motifs is 1. The van der Waals surface area contributed by atoms with Crippen molar-refractivity contribution in [3.05, 3.63) is 30.1 Å². The molecule has 0 radical (unpaired) electrons. The van der Waals surface area contributed by atoms with Crippen LogP contribution >= 0.6 is 0 Å². The predicted molar refractivity (Wildman–Crippen MR) is 73.2 cm³/mol. The largest absolute Gasteiger partial charge is 0.342 e. The average molecular weight is 230 g/mol. The van der Waals surface area contributed by atoms with Crippen LogP contribution in [0.15, 0.2) is 24.3 Å². The summed E-state index contributed by atoms with van der Waals surface area (Å²) < 4.78 is 0. The predicted octanol–water partition coefficient (Wildman–Crippen LogP) is 4.49. The molecule has 92 valence electrons. The quantitative estimate of drug-likeness (QED) is 0.805. The van der Waals surface area contributed by atoms with Crippen LogP contribution in [-0.4, -0.2) is 9.97 Å². The summed E-state index contributed by atoms with van der Waals surface area (Å²) in [4.78, 5) is 8.09. The highest BCUT2D eigenvalue weighted by Gasteiger charge is 2.11. The molecular weight excluding hydrogens is 208 g/mol. The summed E-state index contributed by atoms with van der Waals surface area (Å²) in [6.07, 6.45) is 3.77. The second-order valence-corrected chi connectivity index (χ2v) is 5.13. The van der Waals surface area contributed by atoms with E-state index in [1.165, 1.54) is 19.3 Å². The Balaban J connectivity index is 2.06. The molecule has 0 saturated carbocycles. The van der Waals surface area contributed by atoms with Crippen LogP contribution in [0.2, 0.25) is 0 Å². The van der Waals surface area contributed by atoms with Crippen molar-refractivity contribution < 1.29 is 0 Å². The molecule has 1 heterocycles. The molecule has 2 aromatic rings. The molecule has 2 nitrogen and oxygen atoms in total. The van der Waals surface area contributed by atoms with E-state index in [-0.39, 0.29) is 0 Å². The number of nitrogens with zero attached hydrogens (tertiary/aromatic N) is 1. The van der Waals surface area contributed by atoms with Crippen molar-refractivity contribution in [1.29, 1.82) is 0 Å². The van der Waals surface area contributed by atoms with Gasteiger partial charge in [-0.25, -0.2) is 4.98 Å². The number of imidazole rings is 1. The number of aromatic amines is 1. The zero-order valence-corrected chi connectivity index (χ0v) is 11.0. The number of nitrogens with one attached hydrogen (secondary N) is 1. The average Bonchev–Trinajstić information content (AvgIpc) is 2.79. The van der Waals surface area contributed by atoms with Crippen LogP contribution in [0.4, 0.5) is 0 Å². The molecule has 2 unspecified atom stereocenters. The lowest BCUT2D eigenvalue weighted by molar-refractivity contribution is 0.464. The number of para-hydroxylation sites is 2. The smallest absolute Gasteiger partial charge is 0.110 e. The second kappa shape index (κ2) is 5.35. The van der Waals surface area contributed by atoms with Gasteiger partial charge in [-0.2, -0.15) is 0 Å². The van der Waals surface area contributed by atoms with Crippen molar-refractivity contribution in [3.8, 4) is 0 Å². The Hall–Kier alpha value is -1.31. The molecule has 0 amide bonds. The topological polar surface area (TPSA) is 28.7 Å². The molecule has 0 aliphatic carbocycles. The highest BCUT2D eigenvalue weighted by Crippen LogP contribution is 2.23. The van der Waals surface area contributed by atoms with Crippen molar-refractivity contribution in [1.82, 2.24) is 9.97 Å². The lowest BCUT2D eigenvalue weighted by Gasteiger charge is -2.12. The van der Waals surface area contributed by atoms with Gasteiger partial charge in [0.15, 0.2) is 0 Å². The summed E-state index contributed by atoms with van der Waals surface area (Å²) in [6.45, 7) is 6.85. The molecule has 1 aromatic heterocycles. The van der Waals surface area contributed by atoms with Gasteiger partial charge in [0.1, 0.15) is 5.82 Å². The van der Waals surface area contributed by atoms with Gasteiger partial charge in [0.25, 0.3) is 0 Å². The first-order chi connectivity index (χ1) is 8.20. The van der Waals surface area contributed by atoms with Gasteiger partial charge >= 0.3 is 0 Å². The molecular formula is C15H22N2. The van der Waals surface area contributed by atoms with Gasteiger partial charge in [0.05, 0.1) is 11.0 Å². The number of aromatic nitrogens is 2. The van der Waals surface area contributed by atoms with Crippen LogP contribution in [0.25, 0.3) is 11.0 Å². The highest BCUT2D eigenvalue weighted by atomic mass is 14.9. The Bertz CT molecular complexity index is 439. The maximum absolute atomic E-state index is 4.66. The first-order valence-electron chi connectivity index (χ1n) is 6.65. The van der Waals surface area contributed by atoms with Crippen molar-refractivity contribution in [2.75, 3.05) is 0 Å². The Kier molecular flexibility index (Phi) is 3.82. The van der Waals surface area contributed by atoms with E-state index in [1.807, 2.05) is 12.1 Å². The molecule has 1 N–H and O–H groups in total. The number of benzene rings is 1. The van der Waals surface area contributed by atoms with E-state index in [1.54, 1.807) is 0 Å². The summed E-state index contributed by atoms with van der Waals surface area (Å²) in [6, 6.07) is 8.24. The fourth-order valence-corrected chi connectivity index (χ4v) is 2.08. The summed E-state index contributed by atoms with van der Waals surface area (Å²) in [5, 5.41) is 0. The number of rotatable bonds is 5. The van der Waals surface area contributed by atoms with Crippen molar-refractivity contribution in [2.45, 2.75) is 46.0 Å². The lowest BCUT2D eigenvalue weighted by Crippen LogP contribution is -2.00. The second-order valence-electron chi connectivity index (χ2n) is 5.13. The van der Waals surface area contributed by atoms with E-state index in [2.05, 4.69) is 42.9 Å². The fraction of sp³-hybridized carbons (Fsp3) is 0.533. The van der Waals surface area contributed by atoms with Gasteiger partial charge < -0.3 is 4.98 Å². The molecule has 0 aliphatic heterocycles. The van der Waals surface area contributed by atoms with E-state index in [9.17, 15) is 0 Å². The third kappa shape index (κ3) is 2.87. The van der Waals surface area contributed by atoms with Gasteiger partial charge in [0.2, 0.25) is 0 Å². The molecule has 0 saturated heterocycles. The monoisotopic (exact) mass is 230 g/mol. The van der Waals surface area contributed by atoms with Gasteiger partial charge in [-0.3, -0.25) is 0 Å². The number of hydrogen-bond acceptors (Lipinski definition) is 1.